The summed E-state index contributed by atoms with van der Waals surface area (Å²) in [5.41, 5.74) is 2.34. The van der Waals surface area contributed by atoms with Gasteiger partial charge in [0.1, 0.15) is 17.0 Å². The van der Waals surface area contributed by atoms with Gasteiger partial charge in [0.2, 0.25) is 5.91 Å². The molecule has 0 radical (unpaired) electrons. The lowest BCUT2D eigenvalue weighted by Crippen LogP contribution is -2.62. The second kappa shape index (κ2) is 9.36. The van der Waals surface area contributed by atoms with Crippen LogP contribution >= 0.6 is 0 Å². The van der Waals surface area contributed by atoms with Crippen LogP contribution in [-0.4, -0.2) is 36.5 Å². The molecule has 0 saturated heterocycles. The van der Waals surface area contributed by atoms with E-state index in [1.807, 2.05) is 79.7 Å². The van der Waals surface area contributed by atoms with Crippen molar-refractivity contribution >= 4 is 11.8 Å². The van der Waals surface area contributed by atoms with E-state index < -0.39 is 5.54 Å². The highest BCUT2D eigenvalue weighted by molar-refractivity contribution is 6.02. The first-order valence-electron chi connectivity index (χ1n) is 10.9. The molecule has 1 N–H and O–H groups in total. The predicted molar refractivity (Wildman–Crippen MR) is 126 cm³/mol. The predicted octanol–water partition coefficient (Wildman–Crippen LogP) is 3.98. The number of rotatable bonds is 7. The second-order valence-electron chi connectivity index (χ2n) is 8.38. The van der Waals surface area contributed by atoms with Crippen molar-refractivity contribution in [1.29, 1.82) is 0 Å². The van der Waals surface area contributed by atoms with Gasteiger partial charge in [-0.05, 0) is 53.9 Å². The van der Waals surface area contributed by atoms with Gasteiger partial charge in [0.25, 0.3) is 5.91 Å². The van der Waals surface area contributed by atoms with Gasteiger partial charge in [-0.1, -0.05) is 42.5 Å². The number of carbonyl (C=O) groups is 2. The molecule has 2 amide bonds. The van der Waals surface area contributed by atoms with E-state index in [0.717, 1.165) is 28.2 Å². The average molecular weight is 445 g/mol. The number of hydrogen-bond donors (Lipinski definition) is 1. The van der Waals surface area contributed by atoms with Crippen LogP contribution in [0.4, 0.5) is 0 Å². The molecule has 1 aliphatic heterocycles. The molecular weight excluding hydrogens is 416 g/mol. The number of hydrogen-bond acceptors (Lipinski definition) is 4. The van der Waals surface area contributed by atoms with E-state index in [4.69, 9.17) is 9.47 Å². The van der Waals surface area contributed by atoms with E-state index in [9.17, 15) is 9.59 Å². The Labute approximate surface area is 194 Å². The molecule has 0 bridgehead atoms. The Bertz CT molecular complexity index is 1160. The minimum Gasteiger partial charge on any atom is -0.497 e. The Morgan fingerprint density at radius 3 is 2.39 bits per heavy atom. The summed E-state index contributed by atoms with van der Waals surface area (Å²) in [6.07, 6.45) is 0.439. The van der Waals surface area contributed by atoms with Gasteiger partial charge in [0.05, 0.1) is 14.2 Å². The molecule has 1 atom stereocenters. The highest BCUT2D eigenvalue weighted by Crippen LogP contribution is 2.33. The molecule has 6 nitrogen and oxygen atoms in total. The lowest BCUT2D eigenvalue weighted by Gasteiger charge is -2.44. The van der Waals surface area contributed by atoms with Crippen LogP contribution in [-0.2, 0) is 24.3 Å². The van der Waals surface area contributed by atoms with Crippen molar-refractivity contribution in [1.82, 2.24) is 10.2 Å². The molecule has 3 aromatic carbocycles. The second-order valence-corrected chi connectivity index (χ2v) is 8.38. The summed E-state index contributed by atoms with van der Waals surface area (Å²) < 4.78 is 10.5. The number of benzene rings is 3. The lowest BCUT2D eigenvalue weighted by molar-refractivity contribution is -0.132. The number of nitrogens with zero attached hydrogens (tertiary/aromatic N) is 1. The van der Waals surface area contributed by atoms with Crippen molar-refractivity contribution in [2.24, 2.45) is 0 Å². The fourth-order valence-corrected chi connectivity index (χ4v) is 4.24. The fraction of sp³-hybridized carbons (Fsp3) is 0.259. The summed E-state index contributed by atoms with van der Waals surface area (Å²) in [7, 11) is 3.23. The number of amides is 2. The van der Waals surface area contributed by atoms with Crippen LogP contribution in [0.25, 0.3) is 0 Å². The zero-order valence-corrected chi connectivity index (χ0v) is 19.1. The molecule has 1 aliphatic rings. The van der Waals surface area contributed by atoms with E-state index in [1.165, 1.54) is 0 Å². The fourth-order valence-electron chi connectivity index (χ4n) is 4.24. The van der Waals surface area contributed by atoms with Crippen LogP contribution in [0, 0.1) is 0 Å². The Hall–Kier alpha value is -3.80. The third-order valence-corrected chi connectivity index (χ3v) is 6.20. The summed E-state index contributed by atoms with van der Waals surface area (Å²) in [5, 5.41) is 3.04. The van der Waals surface area contributed by atoms with Crippen LogP contribution in [0.3, 0.4) is 0 Å². The average Bonchev–Trinajstić information content (AvgIpc) is 2.85. The third kappa shape index (κ3) is 4.55. The molecule has 6 heteroatoms. The van der Waals surface area contributed by atoms with Crippen molar-refractivity contribution in [2.45, 2.75) is 32.0 Å². The molecule has 33 heavy (non-hydrogen) atoms. The van der Waals surface area contributed by atoms with Gasteiger partial charge in [0, 0.05) is 25.1 Å². The first-order valence-corrected chi connectivity index (χ1v) is 10.9. The van der Waals surface area contributed by atoms with Crippen LogP contribution in [0.2, 0.25) is 0 Å². The van der Waals surface area contributed by atoms with Crippen molar-refractivity contribution in [3.05, 3.63) is 95.1 Å². The van der Waals surface area contributed by atoms with Gasteiger partial charge in [0.15, 0.2) is 0 Å². The van der Waals surface area contributed by atoms with Gasteiger partial charge in [-0.2, -0.15) is 0 Å². The zero-order chi connectivity index (χ0) is 23.4. The molecule has 0 fully saturated rings. The highest BCUT2D eigenvalue weighted by Gasteiger charge is 2.46. The van der Waals surface area contributed by atoms with Gasteiger partial charge in [-0.3, -0.25) is 9.59 Å². The minimum atomic E-state index is -1.04. The zero-order valence-electron chi connectivity index (χ0n) is 19.1. The molecule has 0 spiro atoms. The Balaban J connectivity index is 1.62. The maximum Gasteiger partial charge on any atom is 0.255 e. The molecule has 0 aliphatic carbocycles. The smallest absolute Gasteiger partial charge is 0.255 e. The maximum absolute atomic E-state index is 13.5. The molecule has 1 heterocycles. The Kier molecular flexibility index (Phi) is 6.36. The SMILES string of the molecule is COc1ccc(CN2C(=O)c3ccccc3C[C@]2(C)C(=O)NCc2cccc(OC)c2)cc1. The number of carbonyl (C=O) groups excluding carboxylic acids is 2. The number of nitrogens with one attached hydrogen (secondary N) is 1. The third-order valence-electron chi connectivity index (χ3n) is 6.20. The normalized spacial score (nSPS) is 17.3. The quantitative estimate of drug-likeness (QED) is 0.599. The molecular formula is C27H28N2O4. The van der Waals surface area contributed by atoms with Crippen LogP contribution in [0.5, 0.6) is 11.5 Å². The van der Waals surface area contributed by atoms with Gasteiger partial charge >= 0.3 is 0 Å². The standard InChI is InChI=1S/C27H28N2O4/c1-27(26(31)28-17-20-7-6-9-23(15-20)33-3)16-21-8-4-5-10-24(21)25(30)29(27)18-19-11-13-22(32-2)14-12-19/h4-15H,16-18H2,1-3H3,(H,28,31)/t27-/m1/s1. The topological polar surface area (TPSA) is 67.9 Å². The van der Waals surface area contributed by atoms with Gasteiger partial charge in [-0.15, -0.1) is 0 Å². The van der Waals surface area contributed by atoms with Crippen LogP contribution in [0.15, 0.2) is 72.8 Å². The van der Waals surface area contributed by atoms with Crippen molar-refractivity contribution < 1.29 is 19.1 Å². The molecule has 0 saturated carbocycles. The molecule has 0 aromatic heterocycles. The highest BCUT2D eigenvalue weighted by atomic mass is 16.5. The minimum absolute atomic E-state index is 0.147. The van der Waals surface area contributed by atoms with E-state index in [0.29, 0.717) is 25.1 Å². The maximum atomic E-state index is 13.5. The Morgan fingerprint density at radius 2 is 1.67 bits per heavy atom. The largest absolute Gasteiger partial charge is 0.497 e. The van der Waals surface area contributed by atoms with Crippen LogP contribution in [0.1, 0.15) is 34.0 Å². The van der Waals surface area contributed by atoms with Gasteiger partial charge in [-0.25, -0.2) is 0 Å². The summed E-state index contributed by atoms with van der Waals surface area (Å²) in [6.45, 7) is 2.50. The first-order chi connectivity index (χ1) is 15.9. The van der Waals surface area contributed by atoms with E-state index in [1.54, 1.807) is 19.1 Å². The number of fused-ring (bicyclic) bond motifs is 1. The van der Waals surface area contributed by atoms with Gasteiger partial charge < -0.3 is 19.7 Å². The molecule has 170 valence electrons. The monoisotopic (exact) mass is 444 g/mol. The Morgan fingerprint density at radius 1 is 0.939 bits per heavy atom. The van der Waals surface area contributed by atoms with Crippen LogP contribution < -0.4 is 14.8 Å². The van der Waals surface area contributed by atoms with Crippen molar-refractivity contribution in [3.8, 4) is 11.5 Å². The van der Waals surface area contributed by atoms with E-state index in [-0.39, 0.29) is 11.8 Å². The summed E-state index contributed by atoms with van der Waals surface area (Å²) in [5.74, 6) is 1.14. The molecule has 0 unspecified atom stereocenters. The van der Waals surface area contributed by atoms with E-state index in [2.05, 4.69) is 5.32 Å². The summed E-state index contributed by atoms with van der Waals surface area (Å²) in [6, 6.07) is 22.6. The summed E-state index contributed by atoms with van der Waals surface area (Å²) >= 11 is 0. The summed E-state index contributed by atoms with van der Waals surface area (Å²) in [4.78, 5) is 28.8. The van der Waals surface area contributed by atoms with Crippen molar-refractivity contribution in [3.63, 3.8) is 0 Å². The molecule has 3 aromatic rings. The van der Waals surface area contributed by atoms with E-state index >= 15 is 0 Å². The number of ether oxygens (including phenoxy) is 2. The first kappa shape index (κ1) is 22.4. The van der Waals surface area contributed by atoms with Crippen molar-refractivity contribution in [2.75, 3.05) is 14.2 Å². The lowest BCUT2D eigenvalue weighted by atomic mass is 9.82. The number of methoxy groups -OCH3 is 2. The molecule has 4 rings (SSSR count).